The second-order valence-electron chi connectivity index (χ2n) is 5.29. The number of carbonyl (C=O) groups is 1. The van der Waals surface area contributed by atoms with Gasteiger partial charge in [-0.25, -0.2) is 0 Å². The van der Waals surface area contributed by atoms with E-state index in [1.165, 1.54) is 0 Å². The van der Waals surface area contributed by atoms with E-state index in [0.717, 1.165) is 22.3 Å². The molecule has 3 nitrogen and oxygen atoms in total. The van der Waals surface area contributed by atoms with Crippen LogP contribution in [0, 0.1) is 6.92 Å². The molecule has 0 bridgehead atoms. The molecule has 3 rings (SSSR count). The van der Waals surface area contributed by atoms with Crippen molar-refractivity contribution in [1.29, 1.82) is 0 Å². The molecule has 19 heavy (non-hydrogen) atoms. The summed E-state index contributed by atoms with van der Waals surface area (Å²) in [5.41, 5.74) is 2.03. The van der Waals surface area contributed by atoms with Crippen LogP contribution in [-0.2, 0) is 0 Å². The van der Waals surface area contributed by atoms with Gasteiger partial charge in [0, 0.05) is 17.2 Å². The van der Waals surface area contributed by atoms with E-state index < -0.39 is 5.60 Å². The highest BCUT2D eigenvalue weighted by molar-refractivity contribution is 7.98. The Morgan fingerprint density at radius 3 is 3.00 bits per heavy atom. The van der Waals surface area contributed by atoms with Gasteiger partial charge in [-0.1, -0.05) is 0 Å². The molecular formula is C15H16O3S. The molecule has 0 saturated carbocycles. The van der Waals surface area contributed by atoms with Gasteiger partial charge in [-0.05, 0) is 31.7 Å². The molecule has 1 unspecified atom stereocenters. The van der Waals surface area contributed by atoms with Gasteiger partial charge in [-0.3, -0.25) is 4.79 Å². The van der Waals surface area contributed by atoms with E-state index in [0.29, 0.717) is 17.7 Å². The zero-order chi connectivity index (χ0) is 13.6. The number of aryl methyl sites for hydroxylation is 1. The lowest BCUT2D eigenvalue weighted by Gasteiger charge is -2.35. The van der Waals surface area contributed by atoms with Crippen molar-refractivity contribution in [3.63, 3.8) is 0 Å². The Labute approximate surface area is 116 Å². The molecule has 0 N–H and O–H groups in total. The Kier molecular flexibility index (Phi) is 2.86. The Hall–Kier alpha value is -1.42. The normalized spacial score (nSPS) is 22.4. The maximum atomic E-state index is 12.4. The number of ether oxygens (including phenoxy) is 1. The average Bonchev–Trinajstić information content (AvgIpc) is 2.76. The minimum absolute atomic E-state index is 0.165. The summed E-state index contributed by atoms with van der Waals surface area (Å²) in [5, 5.41) is 0.990. The Balaban J connectivity index is 2.17. The summed E-state index contributed by atoms with van der Waals surface area (Å²) in [6, 6.07) is 3.74. The Morgan fingerprint density at radius 1 is 1.47 bits per heavy atom. The standard InChI is InChI=1S/C15H16O3S/c1-9-10-4-5-17-12(10)6-13-14(9)11(16)7-15(2,18-13)8-19-3/h4-6H,7-8H2,1-3H3. The molecule has 1 aliphatic rings. The molecule has 1 atom stereocenters. The van der Waals surface area contributed by atoms with Gasteiger partial charge in [0.15, 0.2) is 5.78 Å². The van der Waals surface area contributed by atoms with Gasteiger partial charge in [0.2, 0.25) is 0 Å². The van der Waals surface area contributed by atoms with Gasteiger partial charge < -0.3 is 9.15 Å². The summed E-state index contributed by atoms with van der Waals surface area (Å²) < 4.78 is 11.5. The molecular weight excluding hydrogens is 260 g/mol. The predicted octanol–water partition coefficient (Wildman–Crippen LogP) is 3.83. The zero-order valence-corrected chi connectivity index (χ0v) is 12.1. The maximum absolute atomic E-state index is 12.4. The van der Waals surface area contributed by atoms with Gasteiger partial charge in [-0.15, -0.1) is 0 Å². The summed E-state index contributed by atoms with van der Waals surface area (Å²) in [7, 11) is 0. The molecule has 1 aromatic carbocycles. The number of Topliss-reactive ketones (excluding diaryl/α,β-unsaturated/α-hetero) is 1. The molecule has 4 heteroatoms. The number of carbonyl (C=O) groups excluding carboxylic acids is 1. The molecule has 0 saturated heterocycles. The molecule has 100 valence electrons. The van der Waals surface area contributed by atoms with Crippen LogP contribution in [0.5, 0.6) is 5.75 Å². The van der Waals surface area contributed by atoms with E-state index in [9.17, 15) is 4.79 Å². The third kappa shape index (κ3) is 1.94. The molecule has 1 aromatic heterocycles. The van der Waals surface area contributed by atoms with E-state index in [1.807, 2.05) is 32.2 Å². The van der Waals surface area contributed by atoms with Gasteiger partial charge in [-0.2, -0.15) is 11.8 Å². The second kappa shape index (κ2) is 4.30. The van der Waals surface area contributed by atoms with Crippen LogP contribution >= 0.6 is 11.8 Å². The summed E-state index contributed by atoms with van der Waals surface area (Å²) in [5.74, 6) is 1.62. The number of fused-ring (bicyclic) bond motifs is 2. The highest BCUT2D eigenvalue weighted by atomic mass is 32.2. The van der Waals surface area contributed by atoms with Crippen molar-refractivity contribution in [3.8, 4) is 5.75 Å². The highest BCUT2D eigenvalue weighted by Crippen LogP contribution is 2.39. The van der Waals surface area contributed by atoms with Gasteiger partial charge in [0.1, 0.15) is 16.9 Å². The number of hydrogen-bond acceptors (Lipinski definition) is 4. The first-order valence-corrected chi connectivity index (χ1v) is 7.65. The number of ketones is 1. The van der Waals surface area contributed by atoms with Crippen molar-refractivity contribution in [2.45, 2.75) is 25.9 Å². The molecule has 0 fully saturated rings. The van der Waals surface area contributed by atoms with Crippen molar-refractivity contribution in [1.82, 2.24) is 0 Å². The smallest absolute Gasteiger partial charge is 0.170 e. The monoisotopic (exact) mass is 276 g/mol. The van der Waals surface area contributed by atoms with Crippen LogP contribution in [0.15, 0.2) is 22.8 Å². The molecule has 0 radical (unpaired) electrons. The van der Waals surface area contributed by atoms with Crippen molar-refractivity contribution in [2.24, 2.45) is 0 Å². The van der Waals surface area contributed by atoms with E-state index in [-0.39, 0.29) is 5.78 Å². The molecule has 0 amide bonds. The first kappa shape index (κ1) is 12.6. The van der Waals surface area contributed by atoms with Crippen LogP contribution in [0.4, 0.5) is 0 Å². The number of thioether (sulfide) groups is 1. The topological polar surface area (TPSA) is 39.4 Å². The van der Waals surface area contributed by atoms with Crippen LogP contribution in [0.3, 0.4) is 0 Å². The predicted molar refractivity (Wildman–Crippen MR) is 77.3 cm³/mol. The van der Waals surface area contributed by atoms with Crippen LogP contribution in [-0.4, -0.2) is 23.4 Å². The Bertz CT molecular complexity index is 659. The molecule has 2 heterocycles. The largest absolute Gasteiger partial charge is 0.485 e. The van der Waals surface area contributed by atoms with E-state index >= 15 is 0 Å². The fourth-order valence-corrected chi connectivity index (χ4v) is 3.57. The van der Waals surface area contributed by atoms with Crippen LogP contribution < -0.4 is 4.74 Å². The lowest BCUT2D eigenvalue weighted by atomic mass is 9.89. The average molecular weight is 276 g/mol. The van der Waals surface area contributed by atoms with Crippen molar-refractivity contribution >= 4 is 28.5 Å². The van der Waals surface area contributed by atoms with Crippen molar-refractivity contribution in [2.75, 3.05) is 12.0 Å². The first-order valence-electron chi connectivity index (χ1n) is 6.26. The lowest BCUT2D eigenvalue weighted by Crippen LogP contribution is -2.41. The summed E-state index contributed by atoms with van der Waals surface area (Å²) in [6.45, 7) is 3.95. The van der Waals surface area contributed by atoms with Crippen LogP contribution in [0.2, 0.25) is 0 Å². The fraction of sp³-hybridized carbons (Fsp3) is 0.400. The van der Waals surface area contributed by atoms with Gasteiger partial charge >= 0.3 is 0 Å². The maximum Gasteiger partial charge on any atom is 0.170 e. The number of benzene rings is 1. The molecule has 0 spiro atoms. The van der Waals surface area contributed by atoms with E-state index in [4.69, 9.17) is 9.15 Å². The minimum atomic E-state index is -0.420. The van der Waals surface area contributed by atoms with Gasteiger partial charge in [0.05, 0.1) is 18.2 Å². The zero-order valence-electron chi connectivity index (χ0n) is 11.3. The SMILES string of the molecule is CSCC1(C)CC(=O)c2c(cc3occc3c2C)O1. The lowest BCUT2D eigenvalue weighted by molar-refractivity contribution is 0.0641. The Morgan fingerprint density at radius 2 is 2.26 bits per heavy atom. The van der Waals surface area contributed by atoms with E-state index in [2.05, 4.69) is 0 Å². The fourth-order valence-electron chi connectivity index (χ4n) is 2.80. The second-order valence-corrected chi connectivity index (χ2v) is 6.16. The van der Waals surface area contributed by atoms with Crippen molar-refractivity contribution < 1.29 is 13.9 Å². The summed E-state index contributed by atoms with van der Waals surface area (Å²) in [4.78, 5) is 12.4. The number of hydrogen-bond donors (Lipinski definition) is 0. The molecule has 2 aromatic rings. The highest BCUT2D eigenvalue weighted by Gasteiger charge is 2.37. The third-order valence-electron chi connectivity index (χ3n) is 3.60. The van der Waals surface area contributed by atoms with Crippen molar-refractivity contribution in [3.05, 3.63) is 29.5 Å². The quantitative estimate of drug-likeness (QED) is 0.835. The first-order chi connectivity index (χ1) is 9.04. The van der Waals surface area contributed by atoms with Crippen LogP contribution in [0.1, 0.15) is 29.3 Å². The molecule has 1 aliphatic heterocycles. The van der Waals surface area contributed by atoms with Crippen LogP contribution in [0.25, 0.3) is 11.0 Å². The number of rotatable bonds is 2. The van der Waals surface area contributed by atoms with Gasteiger partial charge in [0.25, 0.3) is 0 Å². The third-order valence-corrected chi connectivity index (χ3v) is 4.50. The molecule has 0 aliphatic carbocycles. The van der Waals surface area contributed by atoms with E-state index in [1.54, 1.807) is 18.0 Å². The number of furan rings is 1. The summed E-state index contributed by atoms with van der Waals surface area (Å²) >= 11 is 1.69. The minimum Gasteiger partial charge on any atom is -0.485 e. The summed E-state index contributed by atoms with van der Waals surface area (Å²) in [6.07, 6.45) is 4.11.